The van der Waals surface area contributed by atoms with Crippen LogP contribution >= 0.6 is 11.8 Å². The molecule has 2 aromatic carbocycles. The van der Waals surface area contributed by atoms with Crippen LogP contribution in [0.2, 0.25) is 0 Å². The van der Waals surface area contributed by atoms with Crippen LogP contribution in [0.1, 0.15) is 5.56 Å². The van der Waals surface area contributed by atoms with E-state index in [-0.39, 0.29) is 0 Å². The Balaban J connectivity index is 2.11. The van der Waals surface area contributed by atoms with Crippen molar-refractivity contribution in [2.75, 3.05) is 6.26 Å². The Morgan fingerprint density at radius 3 is 2.52 bits per heavy atom. The van der Waals surface area contributed by atoms with Gasteiger partial charge in [0.25, 0.3) is 0 Å². The first kappa shape index (κ1) is 13.6. The smallest absolute Gasteiger partial charge is 0.216 e. The zero-order chi connectivity index (χ0) is 14.7. The number of rotatable bonds is 3. The van der Waals surface area contributed by atoms with Crippen molar-refractivity contribution in [1.29, 1.82) is 0 Å². The van der Waals surface area contributed by atoms with E-state index in [1.165, 1.54) is 11.8 Å². The van der Waals surface area contributed by atoms with E-state index in [0.29, 0.717) is 5.69 Å². The standard InChI is InChI=1S/C17H14N2OS/c1-21-17-14(11-13-7-5-6-10-16(13)18-17)12-19(20)15-8-3-2-4-9-15/h2-12H,1H3/b19-12-. The van der Waals surface area contributed by atoms with Crippen LogP contribution in [-0.4, -0.2) is 22.2 Å². The average molecular weight is 294 g/mol. The van der Waals surface area contributed by atoms with Crippen LogP contribution < -0.4 is 0 Å². The van der Waals surface area contributed by atoms with Crippen molar-refractivity contribution in [1.82, 2.24) is 4.98 Å². The first-order chi connectivity index (χ1) is 10.3. The number of fused-ring (bicyclic) bond motifs is 1. The molecule has 0 saturated heterocycles. The fourth-order valence-electron chi connectivity index (χ4n) is 2.15. The zero-order valence-corrected chi connectivity index (χ0v) is 12.4. The second-order valence-corrected chi connectivity index (χ2v) is 5.36. The molecule has 0 aliphatic heterocycles. The van der Waals surface area contributed by atoms with Gasteiger partial charge < -0.3 is 5.21 Å². The maximum atomic E-state index is 12.2. The fraction of sp³-hybridized carbons (Fsp3) is 0.0588. The quantitative estimate of drug-likeness (QED) is 0.239. The van der Waals surface area contributed by atoms with Crippen LogP contribution in [0.25, 0.3) is 10.9 Å². The highest BCUT2D eigenvalue weighted by Gasteiger charge is 2.08. The van der Waals surface area contributed by atoms with Gasteiger partial charge in [-0.15, -0.1) is 11.8 Å². The van der Waals surface area contributed by atoms with E-state index >= 15 is 0 Å². The molecule has 1 aromatic heterocycles. The van der Waals surface area contributed by atoms with E-state index in [1.807, 2.05) is 54.8 Å². The first-order valence-corrected chi connectivity index (χ1v) is 7.80. The third-order valence-corrected chi connectivity index (χ3v) is 3.89. The summed E-state index contributed by atoms with van der Waals surface area (Å²) in [4.78, 5) is 4.61. The van der Waals surface area contributed by atoms with Gasteiger partial charge in [-0.05, 0) is 18.4 Å². The zero-order valence-electron chi connectivity index (χ0n) is 11.6. The molecule has 104 valence electrons. The van der Waals surface area contributed by atoms with Crippen molar-refractivity contribution in [3.8, 4) is 0 Å². The number of nitrogens with zero attached hydrogens (tertiary/aromatic N) is 2. The van der Waals surface area contributed by atoms with Crippen LogP contribution in [0.4, 0.5) is 5.69 Å². The second kappa shape index (κ2) is 5.97. The summed E-state index contributed by atoms with van der Waals surface area (Å²) in [5, 5.41) is 14.1. The molecule has 0 aliphatic carbocycles. The van der Waals surface area contributed by atoms with Gasteiger partial charge in [0.1, 0.15) is 5.03 Å². The molecule has 3 rings (SSSR count). The molecule has 3 aromatic rings. The van der Waals surface area contributed by atoms with Crippen molar-refractivity contribution >= 4 is 34.6 Å². The van der Waals surface area contributed by atoms with Crippen LogP contribution in [0.3, 0.4) is 0 Å². The fourth-order valence-corrected chi connectivity index (χ4v) is 2.68. The number of hydrogen-bond acceptors (Lipinski definition) is 3. The topological polar surface area (TPSA) is 39.0 Å². The largest absolute Gasteiger partial charge is 0.618 e. The molecule has 1 heterocycles. The molecule has 0 atom stereocenters. The third-order valence-electron chi connectivity index (χ3n) is 3.18. The lowest BCUT2D eigenvalue weighted by Crippen LogP contribution is -2.01. The predicted octanol–water partition coefficient (Wildman–Crippen LogP) is 4.22. The van der Waals surface area contributed by atoms with Crippen molar-refractivity contribution in [2.45, 2.75) is 5.03 Å². The van der Waals surface area contributed by atoms with Gasteiger partial charge in [-0.2, -0.15) is 4.74 Å². The molecular formula is C17H14N2OS. The molecular weight excluding hydrogens is 280 g/mol. The summed E-state index contributed by atoms with van der Waals surface area (Å²) in [7, 11) is 0. The van der Waals surface area contributed by atoms with E-state index in [0.717, 1.165) is 26.2 Å². The molecule has 3 nitrogen and oxygen atoms in total. The van der Waals surface area contributed by atoms with E-state index in [2.05, 4.69) is 4.98 Å². The Morgan fingerprint density at radius 2 is 1.76 bits per heavy atom. The summed E-state index contributed by atoms with van der Waals surface area (Å²) in [5.74, 6) is 0. The molecule has 0 N–H and O–H groups in total. The Morgan fingerprint density at radius 1 is 1.05 bits per heavy atom. The summed E-state index contributed by atoms with van der Waals surface area (Å²) in [6, 6.07) is 19.1. The number of benzene rings is 2. The Bertz CT molecular complexity index is 800. The maximum absolute atomic E-state index is 12.2. The highest BCUT2D eigenvalue weighted by atomic mass is 32.2. The van der Waals surface area contributed by atoms with Crippen LogP contribution in [0, 0.1) is 5.21 Å². The monoisotopic (exact) mass is 294 g/mol. The van der Waals surface area contributed by atoms with Crippen LogP contribution in [-0.2, 0) is 0 Å². The normalized spacial score (nSPS) is 11.8. The van der Waals surface area contributed by atoms with Crippen molar-refractivity contribution < 1.29 is 4.74 Å². The number of para-hydroxylation sites is 2. The van der Waals surface area contributed by atoms with Crippen molar-refractivity contribution in [2.24, 2.45) is 0 Å². The lowest BCUT2D eigenvalue weighted by Gasteiger charge is -2.06. The van der Waals surface area contributed by atoms with Gasteiger partial charge in [0.2, 0.25) is 5.69 Å². The molecule has 0 saturated carbocycles. The molecule has 0 aliphatic rings. The Labute approximate surface area is 127 Å². The minimum absolute atomic E-state index is 0.609. The second-order valence-electron chi connectivity index (χ2n) is 4.57. The highest BCUT2D eigenvalue weighted by molar-refractivity contribution is 7.98. The molecule has 21 heavy (non-hydrogen) atoms. The summed E-state index contributed by atoms with van der Waals surface area (Å²) in [6.45, 7) is 0. The maximum Gasteiger partial charge on any atom is 0.216 e. The van der Waals surface area contributed by atoms with Gasteiger partial charge in [-0.25, -0.2) is 4.98 Å². The molecule has 0 unspecified atom stereocenters. The minimum atomic E-state index is 0.609. The lowest BCUT2D eigenvalue weighted by atomic mass is 10.2. The molecule has 0 fully saturated rings. The van der Waals surface area contributed by atoms with E-state index in [9.17, 15) is 5.21 Å². The van der Waals surface area contributed by atoms with E-state index in [4.69, 9.17) is 0 Å². The average Bonchev–Trinajstić information content (AvgIpc) is 2.55. The van der Waals surface area contributed by atoms with Crippen molar-refractivity contribution in [3.05, 3.63) is 71.4 Å². The summed E-state index contributed by atoms with van der Waals surface area (Å²) in [5.41, 5.74) is 2.38. The Kier molecular flexibility index (Phi) is 3.88. The molecule has 0 amide bonds. The molecule has 0 bridgehead atoms. The highest BCUT2D eigenvalue weighted by Crippen LogP contribution is 2.22. The summed E-state index contributed by atoms with van der Waals surface area (Å²) in [6.07, 6.45) is 3.55. The number of thioether (sulfide) groups is 1. The Hall–Kier alpha value is -2.33. The van der Waals surface area contributed by atoms with Gasteiger partial charge in [0, 0.05) is 17.5 Å². The lowest BCUT2D eigenvalue weighted by molar-refractivity contribution is -0.354. The summed E-state index contributed by atoms with van der Waals surface area (Å²) >= 11 is 1.54. The number of aromatic nitrogens is 1. The summed E-state index contributed by atoms with van der Waals surface area (Å²) < 4.78 is 0.880. The molecule has 4 heteroatoms. The van der Waals surface area contributed by atoms with Crippen LogP contribution in [0.5, 0.6) is 0 Å². The van der Waals surface area contributed by atoms with Gasteiger partial charge in [0.15, 0.2) is 6.21 Å². The predicted molar refractivity (Wildman–Crippen MR) is 88.4 cm³/mol. The third kappa shape index (κ3) is 2.90. The van der Waals surface area contributed by atoms with Crippen LogP contribution in [0.15, 0.2) is 65.7 Å². The molecule has 0 spiro atoms. The van der Waals surface area contributed by atoms with Gasteiger partial charge >= 0.3 is 0 Å². The number of pyridine rings is 1. The first-order valence-electron chi connectivity index (χ1n) is 6.58. The van der Waals surface area contributed by atoms with E-state index in [1.54, 1.807) is 18.3 Å². The van der Waals surface area contributed by atoms with Gasteiger partial charge in [0.05, 0.1) is 11.1 Å². The number of hydrogen-bond donors (Lipinski definition) is 0. The van der Waals surface area contributed by atoms with Gasteiger partial charge in [-0.1, -0.05) is 36.4 Å². The SMILES string of the molecule is CSc1nc2ccccc2cc1/C=[N+](\[O-])c1ccccc1. The minimum Gasteiger partial charge on any atom is -0.618 e. The van der Waals surface area contributed by atoms with Crippen molar-refractivity contribution in [3.63, 3.8) is 0 Å². The van der Waals surface area contributed by atoms with E-state index < -0.39 is 0 Å². The molecule has 0 radical (unpaired) electrons. The van der Waals surface area contributed by atoms with Gasteiger partial charge in [-0.3, -0.25) is 0 Å².